The van der Waals surface area contributed by atoms with Gasteiger partial charge < -0.3 is 21.1 Å². The largest absolute Gasteiger partial charge is 0.494 e. The smallest absolute Gasteiger partial charge is 0.146 e. The molecule has 0 unspecified atom stereocenters. The Bertz CT molecular complexity index is 337. The Hall–Kier alpha value is -1.26. The third-order valence-corrected chi connectivity index (χ3v) is 2.18. The van der Waals surface area contributed by atoms with E-state index in [2.05, 4.69) is 4.90 Å². The first-order chi connectivity index (χ1) is 7.08. The van der Waals surface area contributed by atoms with Gasteiger partial charge in [-0.2, -0.15) is 0 Å². The fraction of sp³-hybridized carbons (Fsp3) is 0.455. The minimum atomic E-state index is 0.495. The van der Waals surface area contributed by atoms with Crippen molar-refractivity contribution in [2.75, 3.05) is 26.9 Å². The van der Waals surface area contributed by atoms with E-state index in [9.17, 15) is 0 Å². The van der Waals surface area contributed by atoms with Crippen LogP contribution < -0.4 is 16.2 Å². The predicted molar refractivity (Wildman–Crippen MR) is 62.7 cm³/mol. The fourth-order valence-electron chi connectivity index (χ4n) is 1.61. The monoisotopic (exact) mass is 209 g/mol. The Balaban J connectivity index is 3.13. The van der Waals surface area contributed by atoms with Crippen molar-refractivity contribution >= 4 is 5.69 Å². The fourth-order valence-corrected chi connectivity index (χ4v) is 1.61. The summed E-state index contributed by atoms with van der Waals surface area (Å²) in [6.45, 7) is 1.29. The lowest BCUT2D eigenvalue weighted by atomic mass is 10.1. The number of benzene rings is 1. The molecule has 0 amide bonds. The molecule has 0 heterocycles. The first-order valence-electron chi connectivity index (χ1n) is 4.88. The van der Waals surface area contributed by atoms with E-state index in [1.54, 1.807) is 7.11 Å². The lowest BCUT2D eigenvalue weighted by molar-refractivity contribution is 0.373. The van der Waals surface area contributed by atoms with Crippen LogP contribution in [0.2, 0.25) is 0 Å². The van der Waals surface area contributed by atoms with Gasteiger partial charge in [0.05, 0.1) is 12.8 Å². The molecule has 84 valence electrons. The first kappa shape index (κ1) is 11.8. The highest BCUT2D eigenvalue weighted by atomic mass is 16.5. The summed E-state index contributed by atoms with van der Waals surface area (Å²) < 4.78 is 5.28. The van der Waals surface area contributed by atoms with E-state index in [0.717, 1.165) is 23.4 Å². The summed E-state index contributed by atoms with van der Waals surface area (Å²) in [5, 5.41) is 0. The number of hydrogen-bond donors (Lipinski definition) is 2. The molecule has 4 heteroatoms. The van der Waals surface area contributed by atoms with Gasteiger partial charge in [-0.3, -0.25) is 0 Å². The number of anilines is 1. The minimum absolute atomic E-state index is 0.495. The van der Waals surface area contributed by atoms with Gasteiger partial charge in [0.2, 0.25) is 0 Å². The molecule has 15 heavy (non-hydrogen) atoms. The molecule has 0 fully saturated rings. The van der Waals surface area contributed by atoms with Gasteiger partial charge in [-0.15, -0.1) is 0 Å². The number of nitrogens with two attached hydrogens (primary N) is 2. The van der Waals surface area contributed by atoms with Crippen molar-refractivity contribution in [2.24, 2.45) is 5.73 Å². The quantitative estimate of drug-likeness (QED) is 0.720. The molecule has 4 nitrogen and oxygen atoms in total. The summed E-state index contributed by atoms with van der Waals surface area (Å²) in [4.78, 5) is 2.07. The number of methoxy groups -OCH3 is 1. The predicted octanol–water partition coefficient (Wildman–Crippen LogP) is 0.798. The molecule has 0 saturated heterocycles. The first-order valence-corrected chi connectivity index (χ1v) is 4.88. The molecule has 0 spiro atoms. The van der Waals surface area contributed by atoms with Crippen LogP contribution in [-0.4, -0.2) is 26.1 Å². The second-order valence-electron chi connectivity index (χ2n) is 3.82. The summed E-state index contributed by atoms with van der Waals surface area (Å²) in [5.74, 6) is 0.751. The highest BCUT2D eigenvalue weighted by molar-refractivity contribution is 5.59. The van der Waals surface area contributed by atoms with Crippen LogP contribution in [0.1, 0.15) is 11.1 Å². The Morgan fingerprint density at radius 2 is 2.00 bits per heavy atom. The van der Waals surface area contributed by atoms with Crippen LogP contribution in [0.5, 0.6) is 5.75 Å². The lowest BCUT2D eigenvalue weighted by Crippen LogP contribution is -2.13. The third-order valence-electron chi connectivity index (χ3n) is 2.18. The van der Waals surface area contributed by atoms with Crippen LogP contribution in [0, 0.1) is 0 Å². The van der Waals surface area contributed by atoms with Gasteiger partial charge in [0.1, 0.15) is 5.75 Å². The molecule has 0 bridgehead atoms. The summed E-state index contributed by atoms with van der Waals surface area (Å²) in [6.07, 6.45) is 0. The summed E-state index contributed by atoms with van der Waals surface area (Å²) in [7, 11) is 5.64. The van der Waals surface area contributed by atoms with Crippen molar-refractivity contribution in [1.29, 1.82) is 0 Å². The minimum Gasteiger partial charge on any atom is -0.494 e. The zero-order valence-corrected chi connectivity index (χ0v) is 9.58. The van der Waals surface area contributed by atoms with Crippen LogP contribution in [0.3, 0.4) is 0 Å². The van der Waals surface area contributed by atoms with Gasteiger partial charge in [0.25, 0.3) is 0 Å². The molecule has 1 rings (SSSR count). The number of hydrogen-bond acceptors (Lipinski definition) is 4. The maximum Gasteiger partial charge on any atom is 0.146 e. The van der Waals surface area contributed by atoms with E-state index >= 15 is 0 Å². The second kappa shape index (κ2) is 5.00. The van der Waals surface area contributed by atoms with Crippen LogP contribution >= 0.6 is 0 Å². The zero-order valence-electron chi connectivity index (χ0n) is 9.58. The normalized spacial score (nSPS) is 10.7. The Morgan fingerprint density at radius 1 is 1.33 bits per heavy atom. The van der Waals surface area contributed by atoms with E-state index < -0.39 is 0 Å². The van der Waals surface area contributed by atoms with Crippen LogP contribution in [0.4, 0.5) is 5.69 Å². The molecule has 0 aliphatic carbocycles. The Labute approximate surface area is 90.8 Å². The zero-order chi connectivity index (χ0) is 11.4. The van der Waals surface area contributed by atoms with Crippen molar-refractivity contribution in [3.05, 3.63) is 23.3 Å². The van der Waals surface area contributed by atoms with Crippen molar-refractivity contribution < 1.29 is 4.74 Å². The Kier molecular flexibility index (Phi) is 3.94. The molecular weight excluding hydrogens is 190 g/mol. The molecule has 0 aliphatic rings. The lowest BCUT2D eigenvalue weighted by Gasteiger charge is -2.16. The SMILES string of the molecule is COc1c(N)cc(CN)cc1CN(C)C. The average Bonchev–Trinajstić information content (AvgIpc) is 2.16. The van der Waals surface area contributed by atoms with E-state index in [0.29, 0.717) is 12.2 Å². The summed E-state index contributed by atoms with van der Waals surface area (Å²) in [5.41, 5.74) is 14.2. The molecule has 1 aromatic rings. The van der Waals surface area contributed by atoms with Gasteiger partial charge in [-0.05, 0) is 31.8 Å². The Morgan fingerprint density at radius 3 is 2.47 bits per heavy atom. The second-order valence-corrected chi connectivity index (χ2v) is 3.82. The highest BCUT2D eigenvalue weighted by Gasteiger charge is 2.09. The molecule has 0 radical (unpaired) electrons. The summed E-state index contributed by atoms with van der Waals surface area (Å²) >= 11 is 0. The molecule has 1 aromatic carbocycles. The maximum absolute atomic E-state index is 5.88. The van der Waals surface area contributed by atoms with E-state index in [4.69, 9.17) is 16.2 Å². The van der Waals surface area contributed by atoms with E-state index in [1.165, 1.54) is 0 Å². The topological polar surface area (TPSA) is 64.5 Å². The molecule has 0 aliphatic heterocycles. The van der Waals surface area contributed by atoms with Crippen LogP contribution in [0.15, 0.2) is 12.1 Å². The third kappa shape index (κ3) is 2.84. The van der Waals surface area contributed by atoms with Crippen molar-refractivity contribution in [3.8, 4) is 5.75 Å². The molecule has 0 saturated carbocycles. The van der Waals surface area contributed by atoms with E-state index in [1.807, 2.05) is 26.2 Å². The van der Waals surface area contributed by atoms with Crippen molar-refractivity contribution in [1.82, 2.24) is 4.90 Å². The van der Waals surface area contributed by atoms with Crippen molar-refractivity contribution in [2.45, 2.75) is 13.1 Å². The van der Waals surface area contributed by atoms with Gasteiger partial charge in [0.15, 0.2) is 0 Å². The molecule has 0 aromatic heterocycles. The number of nitrogen functional groups attached to an aromatic ring is 1. The number of nitrogens with zero attached hydrogens (tertiary/aromatic N) is 1. The van der Waals surface area contributed by atoms with Crippen molar-refractivity contribution in [3.63, 3.8) is 0 Å². The summed E-state index contributed by atoms with van der Waals surface area (Å²) in [6, 6.07) is 3.90. The van der Waals surface area contributed by atoms with Crippen LogP contribution in [-0.2, 0) is 13.1 Å². The number of rotatable bonds is 4. The van der Waals surface area contributed by atoms with E-state index in [-0.39, 0.29) is 0 Å². The van der Waals surface area contributed by atoms with Gasteiger partial charge in [-0.1, -0.05) is 0 Å². The van der Waals surface area contributed by atoms with Gasteiger partial charge in [-0.25, -0.2) is 0 Å². The molecular formula is C11H19N3O. The standard InChI is InChI=1S/C11H19N3O/c1-14(2)7-9-4-8(6-12)5-10(13)11(9)15-3/h4-5H,6-7,12-13H2,1-3H3. The van der Waals surface area contributed by atoms with Gasteiger partial charge >= 0.3 is 0 Å². The highest BCUT2D eigenvalue weighted by Crippen LogP contribution is 2.28. The average molecular weight is 209 g/mol. The molecule has 0 atom stereocenters. The van der Waals surface area contributed by atoms with Crippen LogP contribution in [0.25, 0.3) is 0 Å². The number of ether oxygens (including phenoxy) is 1. The molecule has 4 N–H and O–H groups in total. The maximum atomic E-state index is 5.88. The van der Waals surface area contributed by atoms with Gasteiger partial charge in [0, 0.05) is 18.7 Å².